The van der Waals surface area contributed by atoms with Crippen LogP contribution in [-0.4, -0.2) is 24.0 Å². The molecule has 4 aromatic rings. The van der Waals surface area contributed by atoms with Crippen molar-refractivity contribution in [3.63, 3.8) is 0 Å². The number of aromatic nitrogens is 2. The first-order chi connectivity index (χ1) is 13.7. The SMILES string of the molecule is COc1ccc(-c2cc(-c3ccc(OC)cc3)n(-c3ccc(Cl)cc3)n2)cc1. The van der Waals surface area contributed by atoms with E-state index in [1.807, 2.05) is 77.5 Å². The Balaban J connectivity index is 1.83. The zero-order valence-electron chi connectivity index (χ0n) is 15.6. The summed E-state index contributed by atoms with van der Waals surface area (Å²) in [5, 5.41) is 5.55. The Morgan fingerprint density at radius 3 is 1.79 bits per heavy atom. The molecule has 0 bridgehead atoms. The molecule has 0 spiro atoms. The van der Waals surface area contributed by atoms with E-state index in [2.05, 4.69) is 6.07 Å². The van der Waals surface area contributed by atoms with Crippen molar-refractivity contribution >= 4 is 11.6 Å². The summed E-state index contributed by atoms with van der Waals surface area (Å²) in [7, 11) is 3.32. The summed E-state index contributed by atoms with van der Waals surface area (Å²) in [6.45, 7) is 0. The zero-order valence-corrected chi connectivity index (χ0v) is 16.4. The molecule has 0 atom stereocenters. The molecular weight excluding hydrogens is 372 g/mol. The molecule has 1 aromatic heterocycles. The molecule has 0 saturated heterocycles. The number of hydrogen-bond acceptors (Lipinski definition) is 3. The van der Waals surface area contributed by atoms with E-state index in [4.69, 9.17) is 26.2 Å². The summed E-state index contributed by atoms with van der Waals surface area (Å²) in [5.41, 5.74) is 4.86. The summed E-state index contributed by atoms with van der Waals surface area (Å²) in [6.07, 6.45) is 0. The van der Waals surface area contributed by atoms with Gasteiger partial charge in [0.2, 0.25) is 0 Å². The first-order valence-corrected chi connectivity index (χ1v) is 9.20. The van der Waals surface area contributed by atoms with Crippen molar-refractivity contribution < 1.29 is 9.47 Å². The van der Waals surface area contributed by atoms with Crippen LogP contribution in [0, 0.1) is 0 Å². The Labute approximate surface area is 168 Å². The number of hydrogen-bond donors (Lipinski definition) is 0. The average molecular weight is 391 g/mol. The Bertz CT molecular complexity index is 1070. The van der Waals surface area contributed by atoms with Crippen LogP contribution in [0.25, 0.3) is 28.2 Å². The van der Waals surface area contributed by atoms with Crippen LogP contribution in [0.3, 0.4) is 0 Å². The van der Waals surface area contributed by atoms with Gasteiger partial charge in [0.1, 0.15) is 11.5 Å². The lowest BCUT2D eigenvalue weighted by Crippen LogP contribution is -1.99. The molecule has 0 radical (unpaired) electrons. The lowest BCUT2D eigenvalue weighted by atomic mass is 10.1. The summed E-state index contributed by atoms with van der Waals surface area (Å²) in [5.74, 6) is 1.63. The maximum absolute atomic E-state index is 6.06. The van der Waals surface area contributed by atoms with Crippen LogP contribution >= 0.6 is 11.6 Å². The highest BCUT2D eigenvalue weighted by atomic mass is 35.5. The van der Waals surface area contributed by atoms with Gasteiger partial charge in [0.15, 0.2) is 0 Å². The second kappa shape index (κ2) is 7.79. The van der Waals surface area contributed by atoms with E-state index >= 15 is 0 Å². The van der Waals surface area contributed by atoms with E-state index in [0.717, 1.165) is 39.7 Å². The maximum atomic E-state index is 6.06. The molecule has 0 aliphatic rings. The Morgan fingerprint density at radius 1 is 0.714 bits per heavy atom. The second-order valence-electron chi connectivity index (χ2n) is 6.26. The minimum atomic E-state index is 0.692. The molecule has 0 saturated carbocycles. The average Bonchev–Trinajstić information content (AvgIpc) is 3.20. The number of methoxy groups -OCH3 is 2. The molecule has 0 unspecified atom stereocenters. The second-order valence-corrected chi connectivity index (χ2v) is 6.70. The van der Waals surface area contributed by atoms with Crippen LogP contribution < -0.4 is 9.47 Å². The summed E-state index contributed by atoms with van der Waals surface area (Å²) < 4.78 is 12.5. The summed E-state index contributed by atoms with van der Waals surface area (Å²) >= 11 is 6.06. The fraction of sp³-hybridized carbons (Fsp3) is 0.0870. The third kappa shape index (κ3) is 3.59. The van der Waals surface area contributed by atoms with Gasteiger partial charge in [-0.25, -0.2) is 4.68 Å². The van der Waals surface area contributed by atoms with E-state index in [1.54, 1.807) is 14.2 Å². The molecule has 1 heterocycles. The molecule has 3 aromatic carbocycles. The van der Waals surface area contributed by atoms with Crippen LogP contribution in [-0.2, 0) is 0 Å². The lowest BCUT2D eigenvalue weighted by molar-refractivity contribution is 0.414. The van der Waals surface area contributed by atoms with Gasteiger partial charge < -0.3 is 9.47 Å². The minimum absolute atomic E-state index is 0.692. The third-order valence-electron chi connectivity index (χ3n) is 4.55. The number of nitrogens with zero attached hydrogens (tertiary/aromatic N) is 2. The smallest absolute Gasteiger partial charge is 0.118 e. The van der Waals surface area contributed by atoms with Gasteiger partial charge in [-0.1, -0.05) is 11.6 Å². The van der Waals surface area contributed by atoms with Crippen LogP contribution in [0.15, 0.2) is 78.9 Å². The molecule has 5 heteroatoms. The topological polar surface area (TPSA) is 36.3 Å². The molecule has 0 amide bonds. The Hall–Kier alpha value is -3.24. The normalized spacial score (nSPS) is 10.7. The van der Waals surface area contributed by atoms with Gasteiger partial charge in [-0.3, -0.25) is 0 Å². The fourth-order valence-electron chi connectivity index (χ4n) is 3.03. The van der Waals surface area contributed by atoms with Crippen molar-refractivity contribution in [2.24, 2.45) is 0 Å². The summed E-state index contributed by atoms with van der Waals surface area (Å²) in [6, 6.07) is 25.6. The van der Waals surface area contributed by atoms with Gasteiger partial charge in [0.05, 0.1) is 31.3 Å². The van der Waals surface area contributed by atoms with E-state index in [9.17, 15) is 0 Å². The molecule has 28 heavy (non-hydrogen) atoms. The van der Waals surface area contributed by atoms with Crippen LogP contribution in [0.1, 0.15) is 0 Å². The molecule has 4 nitrogen and oxygen atoms in total. The standard InChI is InChI=1S/C23H19ClN2O2/c1-27-20-11-3-16(4-12-20)22-15-23(17-5-13-21(28-2)14-6-17)26(25-22)19-9-7-18(24)8-10-19/h3-15H,1-2H3. The van der Waals surface area contributed by atoms with Crippen LogP contribution in [0.4, 0.5) is 0 Å². The van der Waals surface area contributed by atoms with Gasteiger partial charge in [-0.05, 0) is 78.9 Å². The summed E-state index contributed by atoms with van der Waals surface area (Å²) in [4.78, 5) is 0. The van der Waals surface area contributed by atoms with Crippen LogP contribution in [0.5, 0.6) is 11.5 Å². The predicted molar refractivity (Wildman–Crippen MR) is 113 cm³/mol. The molecular formula is C23H19ClN2O2. The first kappa shape index (κ1) is 18.1. The molecule has 140 valence electrons. The maximum Gasteiger partial charge on any atom is 0.118 e. The first-order valence-electron chi connectivity index (χ1n) is 8.83. The number of benzene rings is 3. The highest BCUT2D eigenvalue weighted by Gasteiger charge is 2.13. The predicted octanol–water partition coefficient (Wildman–Crippen LogP) is 5.88. The van der Waals surface area contributed by atoms with E-state index in [0.29, 0.717) is 5.02 Å². The molecule has 0 aliphatic heterocycles. The van der Waals surface area contributed by atoms with Crippen molar-refractivity contribution in [1.82, 2.24) is 9.78 Å². The van der Waals surface area contributed by atoms with Gasteiger partial charge in [-0.15, -0.1) is 0 Å². The number of ether oxygens (including phenoxy) is 2. The van der Waals surface area contributed by atoms with Gasteiger partial charge in [0.25, 0.3) is 0 Å². The van der Waals surface area contributed by atoms with E-state index in [1.165, 1.54) is 0 Å². The quantitative estimate of drug-likeness (QED) is 0.427. The number of halogens is 1. The monoisotopic (exact) mass is 390 g/mol. The van der Waals surface area contributed by atoms with Crippen molar-refractivity contribution in [1.29, 1.82) is 0 Å². The van der Waals surface area contributed by atoms with Crippen molar-refractivity contribution in [2.45, 2.75) is 0 Å². The van der Waals surface area contributed by atoms with Crippen LogP contribution in [0.2, 0.25) is 5.02 Å². The highest BCUT2D eigenvalue weighted by molar-refractivity contribution is 6.30. The fourth-order valence-corrected chi connectivity index (χ4v) is 3.16. The molecule has 4 rings (SSSR count). The Kier molecular flexibility index (Phi) is 5.04. The van der Waals surface area contributed by atoms with Gasteiger partial charge in [0, 0.05) is 16.1 Å². The third-order valence-corrected chi connectivity index (χ3v) is 4.80. The lowest BCUT2D eigenvalue weighted by Gasteiger charge is -2.08. The Morgan fingerprint density at radius 2 is 1.25 bits per heavy atom. The van der Waals surface area contributed by atoms with Crippen molar-refractivity contribution in [3.05, 3.63) is 83.9 Å². The molecule has 0 aliphatic carbocycles. The van der Waals surface area contributed by atoms with Crippen molar-refractivity contribution in [2.75, 3.05) is 14.2 Å². The molecule has 0 N–H and O–H groups in total. The zero-order chi connectivity index (χ0) is 19.5. The van der Waals surface area contributed by atoms with E-state index in [-0.39, 0.29) is 0 Å². The van der Waals surface area contributed by atoms with E-state index < -0.39 is 0 Å². The largest absolute Gasteiger partial charge is 0.497 e. The molecule has 0 fully saturated rings. The van der Waals surface area contributed by atoms with Gasteiger partial charge in [-0.2, -0.15) is 5.10 Å². The van der Waals surface area contributed by atoms with Crippen molar-refractivity contribution in [3.8, 4) is 39.7 Å². The van der Waals surface area contributed by atoms with Gasteiger partial charge >= 0.3 is 0 Å². The highest BCUT2D eigenvalue weighted by Crippen LogP contribution is 2.31. The number of rotatable bonds is 5. The minimum Gasteiger partial charge on any atom is -0.497 e.